The molecule has 8 nitrogen and oxygen atoms in total. The number of nitrogens with zero attached hydrogens (tertiary/aromatic N) is 1. The van der Waals surface area contributed by atoms with Crippen molar-refractivity contribution < 1.29 is 32.9 Å². The zero-order chi connectivity index (χ0) is 57.7. The number of aliphatic hydroxyl groups excluding tert-OH is 1. The fraction of sp³-hybridized carbons (Fsp3) is 0.843. The van der Waals surface area contributed by atoms with Crippen LogP contribution in [0.2, 0.25) is 0 Å². The van der Waals surface area contributed by atoms with E-state index in [4.69, 9.17) is 9.05 Å². The molecule has 3 unspecified atom stereocenters. The second kappa shape index (κ2) is 60.8. The van der Waals surface area contributed by atoms with Gasteiger partial charge in [-0.3, -0.25) is 9.36 Å². The minimum Gasteiger partial charge on any atom is -0.756 e. The third-order valence-electron chi connectivity index (χ3n) is 15.4. The van der Waals surface area contributed by atoms with Crippen LogP contribution in [-0.2, 0) is 18.4 Å². The van der Waals surface area contributed by atoms with Crippen LogP contribution >= 0.6 is 7.82 Å². The summed E-state index contributed by atoms with van der Waals surface area (Å²) in [6, 6.07) is -0.910. The Hall–Kier alpha value is -1.80. The number of rotatable bonds is 63. The van der Waals surface area contributed by atoms with Crippen LogP contribution in [0.3, 0.4) is 0 Å². The minimum atomic E-state index is -4.61. The van der Waals surface area contributed by atoms with Gasteiger partial charge in [0.05, 0.1) is 39.9 Å². The van der Waals surface area contributed by atoms with Gasteiger partial charge in [-0.15, -0.1) is 0 Å². The second-order valence-electron chi connectivity index (χ2n) is 24.5. The zero-order valence-electron chi connectivity index (χ0n) is 53.1. The first-order valence-corrected chi connectivity index (χ1v) is 35.6. The van der Waals surface area contributed by atoms with Crippen molar-refractivity contribution in [3.05, 3.63) is 60.8 Å². The molecule has 0 bridgehead atoms. The Morgan fingerprint density at radius 1 is 0.443 bits per heavy atom. The number of quaternary nitrogens is 1. The van der Waals surface area contributed by atoms with Gasteiger partial charge in [-0.1, -0.05) is 306 Å². The van der Waals surface area contributed by atoms with Crippen LogP contribution in [0.1, 0.15) is 328 Å². The van der Waals surface area contributed by atoms with Gasteiger partial charge in [0.2, 0.25) is 5.91 Å². The number of hydrogen-bond donors (Lipinski definition) is 2. The van der Waals surface area contributed by atoms with E-state index in [1.807, 2.05) is 27.2 Å². The topological polar surface area (TPSA) is 108 Å². The van der Waals surface area contributed by atoms with Crippen molar-refractivity contribution >= 4 is 13.7 Å². The number of nitrogens with one attached hydrogen (secondary N) is 1. The average Bonchev–Trinajstić information content (AvgIpc) is 3.42. The number of allylic oxidation sites excluding steroid dienone is 9. The van der Waals surface area contributed by atoms with Crippen LogP contribution in [0.15, 0.2) is 60.8 Å². The standard InChI is InChI=1S/C70H133N2O6P/c1-6-8-10-12-14-16-18-20-22-24-26-27-28-29-30-31-32-33-34-35-36-37-38-39-40-41-42-43-44-45-46-48-50-52-54-56-58-60-62-64-70(74)71-68(67-78-79(75,76)77-66-65-72(3,4)5)69(73)63-61-59-57-55-53-51-49-47-25-23-21-19-17-15-13-11-9-7-2/h18,20,24-26,47,53,55,61,63,68-69,73H,6-17,19,21-23,27-46,48-52,54,56-60,62,64-67H2,1-5H3,(H-,71,74,75,76)/b20-18-,26-24-,47-25+,55-53+,63-61+. The Labute approximate surface area is 492 Å². The predicted octanol–water partition coefficient (Wildman–Crippen LogP) is 21.0. The van der Waals surface area contributed by atoms with E-state index in [9.17, 15) is 19.4 Å². The molecule has 0 saturated carbocycles. The van der Waals surface area contributed by atoms with E-state index in [0.717, 1.165) is 51.4 Å². The molecule has 0 aromatic heterocycles. The summed E-state index contributed by atoms with van der Waals surface area (Å²) in [5.41, 5.74) is 0. The number of unbranched alkanes of at least 4 members (excludes halogenated alkanes) is 42. The number of likely N-dealkylation sites (N-methyl/N-ethyl adjacent to an activating group) is 1. The Morgan fingerprint density at radius 2 is 0.747 bits per heavy atom. The van der Waals surface area contributed by atoms with Crippen molar-refractivity contribution in [1.29, 1.82) is 0 Å². The number of phosphoric ester groups is 1. The van der Waals surface area contributed by atoms with E-state index in [-0.39, 0.29) is 12.5 Å². The summed E-state index contributed by atoms with van der Waals surface area (Å²) in [4.78, 5) is 25.6. The Bertz CT molecular complexity index is 1470. The van der Waals surface area contributed by atoms with Gasteiger partial charge in [-0.25, -0.2) is 0 Å². The highest BCUT2D eigenvalue weighted by Crippen LogP contribution is 2.38. The first kappa shape index (κ1) is 77.2. The van der Waals surface area contributed by atoms with Crippen molar-refractivity contribution in [3.63, 3.8) is 0 Å². The molecule has 0 aliphatic rings. The summed E-state index contributed by atoms with van der Waals surface area (Å²) in [5, 5.41) is 13.9. The molecule has 3 atom stereocenters. The lowest BCUT2D eigenvalue weighted by Crippen LogP contribution is -2.45. The lowest BCUT2D eigenvalue weighted by atomic mass is 10.0. The van der Waals surface area contributed by atoms with Crippen LogP contribution in [0.4, 0.5) is 0 Å². The van der Waals surface area contributed by atoms with Gasteiger partial charge in [0.25, 0.3) is 7.82 Å². The summed E-state index contributed by atoms with van der Waals surface area (Å²) in [6.07, 6.45) is 83.6. The monoisotopic (exact) mass is 1130 g/mol. The molecule has 79 heavy (non-hydrogen) atoms. The van der Waals surface area contributed by atoms with Crippen LogP contribution in [0.25, 0.3) is 0 Å². The van der Waals surface area contributed by atoms with Crippen molar-refractivity contribution in [2.24, 2.45) is 0 Å². The first-order valence-electron chi connectivity index (χ1n) is 34.2. The Morgan fingerprint density at radius 3 is 1.10 bits per heavy atom. The fourth-order valence-electron chi connectivity index (χ4n) is 10.1. The number of carbonyl (C=O) groups excluding carboxylic acids is 1. The number of phosphoric acid groups is 1. The lowest BCUT2D eigenvalue weighted by Gasteiger charge is -2.29. The molecule has 0 heterocycles. The zero-order valence-corrected chi connectivity index (χ0v) is 54.0. The predicted molar refractivity (Wildman–Crippen MR) is 344 cm³/mol. The maximum Gasteiger partial charge on any atom is 0.268 e. The molecule has 0 saturated heterocycles. The molecular formula is C70H133N2O6P. The van der Waals surface area contributed by atoms with Crippen LogP contribution in [0, 0.1) is 0 Å². The molecule has 0 aromatic rings. The van der Waals surface area contributed by atoms with Gasteiger partial charge >= 0.3 is 0 Å². The van der Waals surface area contributed by atoms with Gasteiger partial charge in [0, 0.05) is 6.42 Å². The molecular weight excluding hydrogens is 996 g/mol. The molecule has 0 aromatic carbocycles. The molecule has 0 radical (unpaired) electrons. The summed E-state index contributed by atoms with van der Waals surface area (Å²) in [5.74, 6) is -0.206. The number of aliphatic hydroxyl groups is 1. The van der Waals surface area contributed by atoms with Crippen LogP contribution < -0.4 is 10.2 Å². The molecule has 0 fully saturated rings. The number of amides is 1. The molecule has 0 aliphatic carbocycles. The van der Waals surface area contributed by atoms with Crippen LogP contribution in [-0.4, -0.2) is 68.5 Å². The van der Waals surface area contributed by atoms with Gasteiger partial charge in [0.15, 0.2) is 0 Å². The quantitative estimate of drug-likeness (QED) is 0.0272. The van der Waals surface area contributed by atoms with E-state index in [1.165, 1.54) is 257 Å². The largest absolute Gasteiger partial charge is 0.756 e. The van der Waals surface area contributed by atoms with Crippen molar-refractivity contribution in [3.8, 4) is 0 Å². The molecule has 9 heteroatoms. The van der Waals surface area contributed by atoms with E-state index in [0.29, 0.717) is 17.4 Å². The lowest BCUT2D eigenvalue weighted by molar-refractivity contribution is -0.870. The molecule has 0 spiro atoms. The number of hydrogen-bond acceptors (Lipinski definition) is 6. The normalized spacial score (nSPS) is 14.1. The molecule has 464 valence electrons. The van der Waals surface area contributed by atoms with Gasteiger partial charge < -0.3 is 28.8 Å². The third kappa shape index (κ3) is 63.6. The SMILES string of the molecule is CCCCCCC/C=C\C/C=C\CCCCCCCCCCCCCCCCCCCCCCCCCCCCCC(=O)NC(COP(=O)([O-])OCC[N+](C)(C)C)C(O)/C=C/CC/C=C/CC/C=C/CCCCCCCCCC. The van der Waals surface area contributed by atoms with Crippen molar-refractivity contribution in [2.45, 2.75) is 341 Å². The van der Waals surface area contributed by atoms with Crippen molar-refractivity contribution in [2.75, 3.05) is 40.9 Å². The van der Waals surface area contributed by atoms with E-state index < -0.39 is 26.6 Å². The Balaban J connectivity index is 3.96. The summed E-state index contributed by atoms with van der Waals surface area (Å²) < 4.78 is 23.4. The smallest absolute Gasteiger partial charge is 0.268 e. The Kier molecular flexibility index (Phi) is 59.4. The fourth-order valence-corrected chi connectivity index (χ4v) is 10.8. The van der Waals surface area contributed by atoms with E-state index >= 15 is 0 Å². The third-order valence-corrected chi connectivity index (χ3v) is 16.4. The first-order chi connectivity index (χ1) is 38.5. The maximum absolute atomic E-state index is 13.0. The maximum atomic E-state index is 13.0. The summed E-state index contributed by atoms with van der Waals surface area (Å²) in [6.45, 7) is 4.64. The molecule has 2 N–H and O–H groups in total. The van der Waals surface area contributed by atoms with Crippen molar-refractivity contribution in [1.82, 2.24) is 5.32 Å². The van der Waals surface area contributed by atoms with Gasteiger partial charge in [-0.05, 0) is 77.0 Å². The highest BCUT2D eigenvalue weighted by molar-refractivity contribution is 7.45. The summed E-state index contributed by atoms with van der Waals surface area (Å²) >= 11 is 0. The number of carbonyl (C=O) groups is 1. The van der Waals surface area contributed by atoms with E-state index in [2.05, 4.69) is 67.8 Å². The van der Waals surface area contributed by atoms with Gasteiger partial charge in [-0.2, -0.15) is 0 Å². The van der Waals surface area contributed by atoms with Gasteiger partial charge in [0.1, 0.15) is 13.2 Å². The molecule has 0 rings (SSSR count). The molecule has 1 amide bonds. The highest BCUT2D eigenvalue weighted by Gasteiger charge is 2.23. The van der Waals surface area contributed by atoms with E-state index in [1.54, 1.807) is 6.08 Å². The van der Waals surface area contributed by atoms with Crippen LogP contribution in [0.5, 0.6) is 0 Å². The highest BCUT2D eigenvalue weighted by atomic mass is 31.2. The molecule has 0 aliphatic heterocycles. The summed E-state index contributed by atoms with van der Waals surface area (Å²) in [7, 11) is 1.24. The minimum absolute atomic E-state index is 0.00853. The average molecular weight is 1130 g/mol. The second-order valence-corrected chi connectivity index (χ2v) is 25.9.